The van der Waals surface area contributed by atoms with Gasteiger partial charge in [0.1, 0.15) is 5.78 Å². The molecule has 0 aromatic heterocycles. The summed E-state index contributed by atoms with van der Waals surface area (Å²) in [6.45, 7) is 21.1. The first-order valence-corrected chi connectivity index (χ1v) is 25.9. The standard InChI is InChI=1S/C17H30N2O4.C15H26N2O4.C9H15NO3.C8H15NO2/c1-3-22-16(20)14-7-11-18(12-8-14)15-6-5-10-19(13-9-15)17(21)23-4-2;1-2-21-15(20)17-8-3-4-13(7-11-17)16-9-5-12(6-10-16)14(18)19;1-2-13-9(12)10-6-3-4-8(11)5-7-10;1-2-11-8(10)7-3-5-9-6-4-7/h14-15H,3-13H2,1-2H3;12-13H,2-11H2,1H3,(H,18,19);2-7H2,1H3;7,9H,2-6H2,1H3. The molecule has 2 N–H and O–H groups in total. The molecule has 2 atom stereocenters. The summed E-state index contributed by atoms with van der Waals surface area (Å²) in [4.78, 5) is 90.0. The number of hydrogen-bond donors (Lipinski definition) is 2. The Balaban J connectivity index is 0.000000250. The number of aliphatic carboxylic acids is 1. The van der Waals surface area contributed by atoms with Crippen LogP contribution in [0.4, 0.5) is 14.4 Å². The highest BCUT2D eigenvalue weighted by molar-refractivity contribution is 5.80. The minimum atomic E-state index is -0.663. The molecule has 2 unspecified atom stereocenters. The van der Waals surface area contributed by atoms with Crippen LogP contribution < -0.4 is 5.32 Å². The fraction of sp³-hybridized carbons (Fsp3) is 0.857. The van der Waals surface area contributed by atoms with E-state index in [1.54, 1.807) is 16.7 Å². The lowest BCUT2D eigenvalue weighted by molar-refractivity contribution is -0.150. The van der Waals surface area contributed by atoms with Crippen LogP contribution in [-0.4, -0.2) is 195 Å². The van der Waals surface area contributed by atoms with Crippen molar-refractivity contribution in [3.05, 3.63) is 0 Å². The van der Waals surface area contributed by atoms with E-state index in [1.807, 2.05) is 32.6 Å². The third-order valence-corrected chi connectivity index (χ3v) is 13.5. The van der Waals surface area contributed by atoms with Gasteiger partial charge in [-0.15, -0.1) is 0 Å². The fourth-order valence-electron chi connectivity index (χ4n) is 9.63. The molecule has 0 aromatic carbocycles. The quantitative estimate of drug-likeness (QED) is 0.195. The van der Waals surface area contributed by atoms with E-state index in [4.69, 9.17) is 28.8 Å². The number of carboxylic acid groups (broad SMARTS) is 1. The third-order valence-electron chi connectivity index (χ3n) is 13.5. The molecule has 6 saturated heterocycles. The molecule has 0 bridgehead atoms. The maximum atomic E-state index is 11.9. The molecule has 0 aliphatic carbocycles. The van der Waals surface area contributed by atoms with Crippen LogP contribution in [0.1, 0.15) is 131 Å². The summed E-state index contributed by atoms with van der Waals surface area (Å²) in [6.07, 6.45) is 12.4. The second-order valence-electron chi connectivity index (χ2n) is 18.1. The number of likely N-dealkylation sites (tertiary alicyclic amines) is 5. The number of esters is 2. The van der Waals surface area contributed by atoms with Crippen molar-refractivity contribution in [1.29, 1.82) is 0 Å². The zero-order valence-electron chi connectivity index (χ0n) is 42.1. The highest BCUT2D eigenvalue weighted by Gasteiger charge is 2.33. The molecule has 6 aliphatic rings. The predicted octanol–water partition coefficient (Wildman–Crippen LogP) is 5.81. The number of hydrogen-bond acceptors (Lipinski definition) is 15. The normalized spacial score (nSPS) is 22.7. The lowest BCUT2D eigenvalue weighted by Gasteiger charge is -2.36. The second-order valence-corrected chi connectivity index (χ2v) is 18.1. The first kappa shape index (κ1) is 58.1. The SMILES string of the molecule is CCOC(=O)C1CCN(C2CCCN(C(=O)OCC)CC2)CC1.CCOC(=O)C1CCNCC1.CCOC(=O)N1CCCC(=O)CC1.CCOC(=O)N1CCCC(N2CCC(C(=O)O)CC2)CC1. The Morgan fingerprint density at radius 1 is 0.456 bits per heavy atom. The zero-order valence-corrected chi connectivity index (χ0v) is 42.1. The number of carbonyl (C=O) groups excluding carboxylic acids is 6. The highest BCUT2D eigenvalue weighted by atomic mass is 16.6. The molecule has 3 amide bonds. The molecule has 0 radical (unpaired) electrons. The summed E-state index contributed by atoms with van der Waals surface area (Å²) in [5, 5.41) is 12.3. The number of nitrogens with zero attached hydrogens (tertiary/aromatic N) is 5. The van der Waals surface area contributed by atoms with Crippen LogP contribution in [0.5, 0.6) is 0 Å². The molecule has 390 valence electrons. The molecule has 6 heterocycles. The number of Topliss-reactive ketones (excluding diaryl/α,β-unsaturated/α-hetero) is 1. The Morgan fingerprint density at radius 2 is 0.838 bits per heavy atom. The van der Waals surface area contributed by atoms with Crippen LogP contribution in [0.25, 0.3) is 0 Å². The molecular weight excluding hydrogens is 881 g/mol. The first-order valence-electron chi connectivity index (χ1n) is 25.9. The number of piperidine rings is 3. The molecule has 0 saturated carbocycles. The van der Waals surface area contributed by atoms with Crippen LogP contribution in [0.2, 0.25) is 0 Å². The van der Waals surface area contributed by atoms with E-state index in [2.05, 4.69) is 15.1 Å². The number of ketones is 1. The van der Waals surface area contributed by atoms with Crippen molar-refractivity contribution in [1.82, 2.24) is 29.8 Å². The summed E-state index contributed by atoms with van der Waals surface area (Å²) in [5.74, 6) is -0.446. The topological polar surface area (TPSA) is 214 Å². The van der Waals surface area contributed by atoms with Crippen molar-refractivity contribution in [2.75, 3.05) is 112 Å². The Bertz CT molecular complexity index is 1520. The lowest BCUT2D eigenvalue weighted by atomic mass is 9.94. The van der Waals surface area contributed by atoms with Crippen molar-refractivity contribution in [2.24, 2.45) is 17.8 Å². The van der Waals surface area contributed by atoms with Gasteiger partial charge in [-0.25, -0.2) is 14.4 Å². The van der Waals surface area contributed by atoms with Gasteiger partial charge >= 0.3 is 36.2 Å². The van der Waals surface area contributed by atoms with E-state index in [0.717, 1.165) is 149 Å². The average molecular weight is 967 g/mol. The van der Waals surface area contributed by atoms with E-state index >= 15 is 0 Å². The summed E-state index contributed by atoms with van der Waals surface area (Å²) in [5.41, 5.74) is 0. The van der Waals surface area contributed by atoms with Gasteiger partial charge in [0.15, 0.2) is 0 Å². The van der Waals surface area contributed by atoms with E-state index in [1.165, 1.54) is 0 Å². The molecule has 0 aromatic rings. The average Bonchev–Trinajstić information content (AvgIpc) is 3.86. The van der Waals surface area contributed by atoms with Crippen LogP contribution in [0.15, 0.2) is 0 Å². The van der Waals surface area contributed by atoms with Crippen LogP contribution in [-0.2, 0) is 42.9 Å². The van der Waals surface area contributed by atoms with Gasteiger partial charge in [-0.2, -0.15) is 0 Å². The monoisotopic (exact) mass is 967 g/mol. The van der Waals surface area contributed by atoms with Gasteiger partial charge in [0.25, 0.3) is 0 Å². The smallest absolute Gasteiger partial charge is 0.409 e. The summed E-state index contributed by atoms with van der Waals surface area (Å²) in [6, 6.07) is 0.983. The number of carbonyl (C=O) groups is 7. The summed E-state index contributed by atoms with van der Waals surface area (Å²) in [7, 11) is 0. The van der Waals surface area contributed by atoms with Crippen molar-refractivity contribution < 1.29 is 62.4 Å². The number of amides is 3. The molecule has 6 rings (SSSR count). The van der Waals surface area contributed by atoms with Gasteiger partial charge in [0.2, 0.25) is 0 Å². The Labute approximate surface area is 405 Å². The Morgan fingerprint density at radius 3 is 1.25 bits per heavy atom. The Kier molecular flexibility index (Phi) is 28.5. The second kappa shape index (κ2) is 33.3. The molecule has 0 spiro atoms. The fourth-order valence-corrected chi connectivity index (χ4v) is 9.63. The predicted molar refractivity (Wildman–Crippen MR) is 255 cm³/mol. The van der Waals surface area contributed by atoms with Gasteiger partial charge in [-0.05, 0) is 157 Å². The van der Waals surface area contributed by atoms with Crippen molar-refractivity contribution >= 4 is 42.0 Å². The minimum absolute atomic E-state index is 0.0194. The maximum absolute atomic E-state index is 11.9. The number of nitrogens with one attached hydrogen (secondary N) is 1. The van der Waals surface area contributed by atoms with Gasteiger partial charge in [-0.1, -0.05) is 0 Å². The summed E-state index contributed by atoms with van der Waals surface area (Å²) >= 11 is 0. The van der Waals surface area contributed by atoms with Gasteiger partial charge in [0, 0.05) is 64.2 Å². The zero-order chi connectivity index (χ0) is 49.7. The van der Waals surface area contributed by atoms with Gasteiger partial charge in [0.05, 0.1) is 50.8 Å². The van der Waals surface area contributed by atoms with Crippen molar-refractivity contribution in [3.63, 3.8) is 0 Å². The van der Waals surface area contributed by atoms with Gasteiger partial charge < -0.3 is 58.6 Å². The molecule has 68 heavy (non-hydrogen) atoms. The Hall–Kier alpha value is -4.23. The maximum Gasteiger partial charge on any atom is 0.409 e. The lowest BCUT2D eigenvalue weighted by Crippen LogP contribution is -2.43. The molecule has 19 nitrogen and oxygen atoms in total. The number of ether oxygens (including phenoxy) is 5. The van der Waals surface area contributed by atoms with Crippen LogP contribution in [0, 0.1) is 17.8 Å². The molecular formula is C49H86N6O13. The van der Waals surface area contributed by atoms with Crippen LogP contribution in [0.3, 0.4) is 0 Å². The van der Waals surface area contributed by atoms with Crippen molar-refractivity contribution in [2.45, 2.75) is 143 Å². The molecule has 19 heteroatoms. The molecule has 6 aliphatic heterocycles. The van der Waals surface area contributed by atoms with Crippen LogP contribution >= 0.6 is 0 Å². The number of carboxylic acids is 1. The first-order chi connectivity index (χ1) is 32.8. The minimum Gasteiger partial charge on any atom is -0.481 e. The summed E-state index contributed by atoms with van der Waals surface area (Å²) < 4.78 is 25.1. The molecule has 6 fully saturated rings. The van der Waals surface area contributed by atoms with Crippen molar-refractivity contribution in [3.8, 4) is 0 Å². The van der Waals surface area contributed by atoms with E-state index in [9.17, 15) is 33.6 Å². The third kappa shape index (κ3) is 21.2. The number of rotatable bonds is 10. The van der Waals surface area contributed by atoms with Gasteiger partial charge in [-0.3, -0.25) is 19.2 Å². The van der Waals surface area contributed by atoms with E-state index in [-0.39, 0.29) is 53.8 Å². The highest BCUT2D eigenvalue weighted by Crippen LogP contribution is 2.26. The van der Waals surface area contributed by atoms with E-state index in [0.29, 0.717) is 71.0 Å². The van der Waals surface area contributed by atoms with E-state index < -0.39 is 5.97 Å². The largest absolute Gasteiger partial charge is 0.481 e.